The first-order valence-corrected chi connectivity index (χ1v) is 8.60. The first-order chi connectivity index (χ1) is 11.0. The van der Waals surface area contributed by atoms with E-state index < -0.39 is 11.7 Å². The molecule has 1 fully saturated rings. The third-order valence-electron chi connectivity index (χ3n) is 4.56. The van der Waals surface area contributed by atoms with Crippen molar-refractivity contribution >= 4 is 12.0 Å². The van der Waals surface area contributed by atoms with E-state index in [-0.39, 0.29) is 42.5 Å². The highest BCUT2D eigenvalue weighted by Gasteiger charge is 2.40. The minimum atomic E-state index is -0.647. The smallest absolute Gasteiger partial charge is 0.408 e. The molecule has 140 valence electrons. The lowest BCUT2D eigenvalue weighted by Gasteiger charge is -2.42. The Bertz CT molecular complexity index is 446. The molecule has 0 heterocycles. The minimum Gasteiger partial charge on any atom is -0.443 e. The summed E-state index contributed by atoms with van der Waals surface area (Å²) in [7, 11) is 0. The van der Waals surface area contributed by atoms with Crippen LogP contribution in [-0.2, 0) is 9.53 Å². The molecule has 2 amide bonds. The van der Waals surface area contributed by atoms with Gasteiger partial charge in [-0.3, -0.25) is 4.79 Å². The molecule has 0 aromatic carbocycles. The van der Waals surface area contributed by atoms with Crippen LogP contribution < -0.4 is 16.4 Å². The molecule has 0 aromatic heterocycles. The molecular formula is C17H33N3O4. The summed E-state index contributed by atoms with van der Waals surface area (Å²) in [6.45, 7) is 9.41. The lowest BCUT2D eigenvalue weighted by Crippen LogP contribution is -2.51. The number of hydrogen-bond donors (Lipinski definition) is 4. The van der Waals surface area contributed by atoms with Crippen molar-refractivity contribution in [1.82, 2.24) is 10.6 Å². The fraction of sp³-hybridized carbons (Fsp3) is 0.882. The fourth-order valence-corrected chi connectivity index (χ4v) is 3.21. The van der Waals surface area contributed by atoms with Gasteiger partial charge in [0.1, 0.15) is 5.60 Å². The molecule has 0 spiro atoms. The number of alkyl carbamates (subject to hydrolysis) is 1. The Morgan fingerprint density at radius 1 is 1.21 bits per heavy atom. The number of rotatable bonds is 5. The van der Waals surface area contributed by atoms with Crippen molar-refractivity contribution < 1.29 is 19.4 Å². The average molecular weight is 343 g/mol. The number of nitrogens with one attached hydrogen (secondary N) is 2. The maximum atomic E-state index is 12.1. The van der Waals surface area contributed by atoms with Gasteiger partial charge in [0.05, 0.1) is 6.54 Å². The molecule has 0 radical (unpaired) electrons. The van der Waals surface area contributed by atoms with Crippen molar-refractivity contribution in [2.75, 3.05) is 13.2 Å². The summed E-state index contributed by atoms with van der Waals surface area (Å²) < 4.78 is 5.64. The van der Waals surface area contributed by atoms with Crippen LogP contribution in [0.15, 0.2) is 0 Å². The van der Waals surface area contributed by atoms with Crippen molar-refractivity contribution in [2.24, 2.45) is 17.6 Å². The highest BCUT2D eigenvalue weighted by atomic mass is 16.6. The zero-order valence-electron chi connectivity index (χ0n) is 15.5. The largest absolute Gasteiger partial charge is 0.443 e. The normalized spacial score (nSPS) is 25.0. The Balaban J connectivity index is 2.67. The van der Waals surface area contributed by atoms with Gasteiger partial charge in [-0.15, -0.1) is 0 Å². The van der Waals surface area contributed by atoms with Gasteiger partial charge in [0.2, 0.25) is 5.91 Å². The van der Waals surface area contributed by atoms with Gasteiger partial charge in [-0.1, -0.05) is 0 Å². The van der Waals surface area contributed by atoms with Gasteiger partial charge in [-0.05, 0) is 59.8 Å². The van der Waals surface area contributed by atoms with Crippen molar-refractivity contribution in [1.29, 1.82) is 0 Å². The summed E-state index contributed by atoms with van der Waals surface area (Å²) in [5.41, 5.74) is 4.34. The van der Waals surface area contributed by atoms with E-state index in [0.717, 1.165) is 12.8 Å². The maximum Gasteiger partial charge on any atom is 0.408 e. The minimum absolute atomic E-state index is 0.0176. The van der Waals surface area contributed by atoms with Crippen LogP contribution in [0.25, 0.3) is 0 Å². The van der Waals surface area contributed by atoms with E-state index >= 15 is 0 Å². The molecule has 0 aliphatic heterocycles. The van der Waals surface area contributed by atoms with Crippen LogP contribution in [-0.4, -0.2) is 47.4 Å². The summed E-state index contributed by atoms with van der Waals surface area (Å²) >= 11 is 0. The first kappa shape index (κ1) is 20.7. The van der Waals surface area contributed by atoms with Crippen LogP contribution in [0.4, 0.5) is 4.79 Å². The Kier molecular flexibility index (Phi) is 7.04. The second-order valence-corrected chi connectivity index (χ2v) is 8.20. The molecular weight excluding hydrogens is 310 g/mol. The maximum absolute atomic E-state index is 12.1. The van der Waals surface area contributed by atoms with Gasteiger partial charge in [0.15, 0.2) is 0 Å². The monoisotopic (exact) mass is 343 g/mol. The molecule has 24 heavy (non-hydrogen) atoms. The number of carbonyl (C=O) groups is 2. The van der Waals surface area contributed by atoms with Gasteiger partial charge >= 0.3 is 6.09 Å². The number of amides is 2. The summed E-state index contributed by atoms with van der Waals surface area (Å²) in [4.78, 5) is 23.6. The summed E-state index contributed by atoms with van der Waals surface area (Å²) in [6, 6.07) is -0.0819. The van der Waals surface area contributed by atoms with E-state index in [1.165, 1.54) is 0 Å². The molecule has 0 saturated heterocycles. The third-order valence-corrected chi connectivity index (χ3v) is 4.56. The van der Waals surface area contributed by atoms with Gasteiger partial charge < -0.3 is 26.2 Å². The second-order valence-electron chi connectivity index (χ2n) is 8.20. The quantitative estimate of drug-likeness (QED) is 0.598. The van der Waals surface area contributed by atoms with Gasteiger partial charge in [0, 0.05) is 24.1 Å². The summed E-state index contributed by atoms with van der Waals surface area (Å²) in [6.07, 6.45) is 1.78. The Labute approximate surface area is 144 Å². The molecule has 1 saturated carbocycles. The van der Waals surface area contributed by atoms with E-state index in [0.29, 0.717) is 6.42 Å². The zero-order chi connectivity index (χ0) is 18.5. The molecule has 0 aromatic rings. The van der Waals surface area contributed by atoms with Crippen LogP contribution >= 0.6 is 0 Å². The Hall–Kier alpha value is -1.34. The molecule has 1 aliphatic carbocycles. The third kappa shape index (κ3) is 6.28. The van der Waals surface area contributed by atoms with Crippen molar-refractivity contribution in [3.05, 3.63) is 0 Å². The molecule has 0 unspecified atom stereocenters. The average Bonchev–Trinajstić information content (AvgIpc) is 2.44. The van der Waals surface area contributed by atoms with E-state index in [4.69, 9.17) is 10.5 Å². The molecule has 7 heteroatoms. The summed E-state index contributed by atoms with van der Waals surface area (Å²) in [5.74, 6) is -0.156. The SMILES string of the molecule is CC(C)(C)NC(=O)OC(C)(C)[C@@H]1CC[C@H](NC(=O)CN)[C@H](CO)C1. The number of aliphatic hydroxyl groups is 1. The lowest BCUT2D eigenvalue weighted by atomic mass is 9.72. The number of nitrogens with two attached hydrogens (primary N) is 1. The molecule has 0 bridgehead atoms. The molecule has 3 atom stereocenters. The van der Waals surface area contributed by atoms with Gasteiger partial charge in [-0.2, -0.15) is 0 Å². The predicted octanol–water partition coefficient (Wildman–Crippen LogP) is 1.14. The van der Waals surface area contributed by atoms with Crippen LogP contribution in [0.1, 0.15) is 53.9 Å². The summed E-state index contributed by atoms with van der Waals surface area (Å²) in [5, 5.41) is 15.3. The lowest BCUT2D eigenvalue weighted by molar-refractivity contribution is -0.121. The van der Waals surface area contributed by atoms with E-state index in [9.17, 15) is 14.7 Å². The number of carbonyl (C=O) groups excluding carboxylic acids is 2. The van der Waals surface area contributed by atoms with Crippen LogP contribution in [0.5, 0.6) is 0 Å². The Morgan fingerprint density at radius 2 is 1.83 bits per heavy atom. The van der Waals surface area contributed by atoms with E-state index in [1.54, 1.807) is 0 Å². The van der Waals surface area contributed by atoms with Crippen molar-refractivity contribution in [3.63, 3.8) is 0 Å². The first-order valence-electron chi connectivity index (χ1n) is 8.60. The van der Waals surface area contributed by atoms with E-state index in [2.05, 4.69) is 10.6 Å². The van der Waals surface area contributed by atoms with Crippen LogP contribution in [0.3, 0.4) is 0 Å². The van der Waals surface area contributed by atoms with Gasteiger partial charge in [-0.25, -0.2) is 4.79 Å². The molecule has 1 rings (SSSR count). The molecule has 5 N–H and O–H groups in total. The second kappa shape index (κ2) is 8.16. The van der Waals surface area contributed by atoms with Crippen LogP contribution in [0, 0.1) is 11.8 Å². The topological polar surface area (TPSA) is 114 Å². The number of aliphatic hydroxyl groups excluding tert-OH is 1. The predicted molar refractivity (Wildman–Crippen MR) is 92.4 cm³/mol. The fourth-order valence-electron chi connectivity index (χ4n) is 3.21. The van der Waals surface area contributed by atoms with Gasteiger partial charge in [0.25, 0.3) is 0 Å². The molecule has 7 nitrogen and oxygen atoms in total. The highest BCUT2D eigenvalue weighted by molar-refractivity contribution is 5.78. The van der Waals surface area contributed by atoms with Crippen LogP contribution in [0.2, 0.25) is 0 Å². The number of hydrogen-bond acceptors (Lipinski definition) is 5. The number of ether oxygens (including phenoxy) is 1. The van der Waals surface area contributed by atoms with Crippen molar-refractivity contribution in [3.8, 4) is 0 Å². The molecule has 1 aliphatic rings. The van der Waals surface area contributed by atoms with E-state index in [1.807, 2.05) is 34.6 Å². The standard InChI is InChI=1S/C17H33N3O4/c1-16(2,3)20-15(23)24-17(4,5)12-6-7-13(11(8-12)10-21)19-14(22)9-18/h11-13,21H,6-10,18H2,1-5H3,(H,19,22)(H,20,23)/t11-,12+,13-/m0/s1. The zero-order valence-corrected chi connectivity index (χ0v) is 15.5. The Morgan fingerprint density at radius 3 is 2.33 bits per heavy atom. The van der Waals surface area contributed by atoms with Crippen molar-refractivity contribution in [2.45, 2.75) is 71.1 Å². The highest BCUT2D eigenvalue weighted by Crippen LogP contribution is 2.38.